The predicted molar refractivity (Wildman–Crippen MR) is 120 cm³/mol. The largest absolute Gasteiger partial charge is 0.363 e. The van der Waals surface area contributed by atoms with Gasteiger partial charge in [0, 0.05) is 18.3 Å². The average molecular weight is 437 g/mol. The van der Waals surface area contributed by atoms with Gasteiger partial charge in [-0.05, 0) is 36.2 Å². The third-order valence-corrected chi connectivity index (χ3v) is 6.87. The Kier molecular flexibility index (Phi) is 5.78. The van der Waals surface area contributed by atoms with E-state index in [1.54, 1.807) is 29.2 Å². The van der Waals surface area contributed by atoms with Gasteiger partial charge in [-0.1, -0.05) is 65.4 Å². The van der Waals surface area contributed by atoms with Crippen LogP contribution in [0.2, 0.25) is 10.0 Å². The molecule has 2 aromatic carbocycles. The molecule has 0 radical (unpaired) electrons. The number of rotatable bonds is 5. The van der Waals surface area contributed by atoms with Crippen molar-refractivity contribution < 1.29 is 0 Å². The first-order valence-electron chi connectivity index (χ1n) is 8.64. The fraction of sp³-hybridized carbons (Fsp3) is 0.263. The first kappa shape index (κ1) is 18.9. The van der Waals surface area contributed by atoms with Crippen molar-refractivity contribution in [3.8, 4) is 0 Å². The molecule has 2 N–H and O–H groups in total. The zero-order valence-electron chi connectivity index (χ0n) is 14.6. The minimum Gasteiger partial charge on any atom is -0.363 e. The molecular weight excluding hydrogens is 419 g/mol. The van der Waals surface area contributed by atoms with Crippen LogP contribution in [0.4, 0.5) is 10.8 Å². The van der Waals surface area contributed by atoms with Crippen LogP contribution in [0.1, 0.15) is 12.5 Å². The van der Waals surface area contributed by atoms with E-state index in [0.717, 1.165) is 45.7 Å². The van der Waals surface area contributed by atoms with E-state index in [4.69, 9.17) is 23.2 Å². The van der Waals surface area contributed by atoms with Crippen molar-refractivity contribution in [3.05, 3.63) is 52.0 Å². The molecule has 0 saturated carbocycles. The van der Waals surface area contributed by atoms with Gasteiger partial charge in [0.1, 0.15) is 0 Å². The summed E-state index contributed by atoms with van der Waals surface area (Å²) in [6.07, 6.45) is 0.915. The standard InChI is InChI=1S/C19H18Cl2N4S2/c1-11-10-23-19(26-11)24-13-4-2-12(3-5-13)6-7-22-18-25-16-8-14(20)15(21)9-17(16)27-18/h2-5,8-9,11H,6-7,10H2,1H3,(H,22,25)(H,23,24). The number of thioether (sulfide) groups is 1. The lowest BCUT2D eigenvalue weighted by Gasteiger charge is -2.04. The number of anilines is 1. The van der Waals surface area contributed by atoms with Crippen LogP contribution in [0.25, 0.3) is 10.2 Å². The Morgan fingerprint density at radius 1 is 1.22 bits per heavy atom. The summed E-state index contributed by atoms with van der Waals surface area (Å²) in [4.78, 5) is 9.20. The summed E-state index contributed by atoms with van der Waals surface area (Å²) in [7, 11) is 0. The van der Waals surface area contributed by atoms with Crippen LogP contribution in [0, 0.1) is 0 Å². The maximum atomic E-state index is 6.07. The van der Waals surface area contributed by atoms with E-state index < -0.39 is 0 Å². The van der Waals surface area contributed by atoms with Gasteiger partial charge >= 0.3 is 0 Å². The molecule has 1 unspecified atom stereocenters. The molecule has 140 valence electrons. The highest BCUT2D eigenvalue weighted by atomic mass is 35.5. The van der Waals surface area contributed by atoms with Crippen molar-refractivity contribution in [1.82, 2.24) is 10.3 Å². The van der Waals surface area contributed by atoms with Crippen molar-refractivity contribution in [2.75, 3.05) is 18.4 Å². The van der Waals surface area contributed by atoms with Gasteiger partial charge in [-0.15, -0.1) is 0 Å². The third-order valence-electron chi connectivity index (χ3n) is 4.14. The van der Waals surface area contributed by atoms with Crippen molar-refractivity contribution in [3.63, 3.8) is 0 Å². The van der Waals surface area contributed by atoms with Crippen LogP contribution >= 0.6 is 46.3 Å². The number of hydrogen-bond donors (Lipinski definition) is 2. The van der Waals surface area contributed by atoms with Gasteiger partial charge in [-0.2, -0.15) is 0 Å². The maximum absolute atomic E-state index is 6.07. The summed E-state index contributed by atoms with van der Waals surface area (Å²) in [5.74, 6) is 0. The molecule has 4 rings (SSSR count). The molecule has 1 fully saturated rings. The molecule has 0 aliphatic carbocycles. The van der Waals surface area contributed by atoms with E-state index in [0.29, 0.717) is 15.3 Å². The van der Waals surface area contributed by atoms with E-state index in [1.807, 2.05) is 6.07 Å². The topological polar surface area (TPSA) is 49.3 Å². The Hall–Kier alpha value is -1.47. The predicted octanol–water partition coefficient (Wildman–Crippen LogP) is 5.97. The molecule has 4 nitrogen and oxygen atoms in total. The number of halogens is 2. The Morgan fingerprint density at radius 3 is 2.74 bits per heavy atom. The van der Waals surface area contributed by atoms with Crippen LogP contribution in [-0.2, 0) is 6.42 Å². The van der Waals surface area contributed by atoms with Crippen molar-refractivity contribution in [1.29, 1.82) is 0 Å². The second-order valence-electron chi connectivity index (χ2n) is 6.32. The van der Waals surface area contributed by atoms with Crippen LogP contribution in [-0.4, -0.2) is 28.5 Å². The highest BCUT2D eigenvalue weighted by molar-refractivity contribution is 8.14. The average Bonchev–Trinajstić information content (AvgIpc) is 3.22. The fourth-order valence-electron chi connectivity index (χ4n) is 2.74. The molecule has 0 amide bonds. The quantitative estimate of drug-likeness (QED) is 0.516. The Bertz CT molecular complexity index is 946. The molecule has 2 heterocycles. The number of nitrogens with zero attached hydrogens (tertiary/aromatic N) is 2. The monoisotopic (exact) mass is 436 g/mol. The van der Waals surface area contributed by atoms with Gasteiger partial charge < -0.3 is 10.6 Å². The van der Waals surface area contributed by atoms with Crippen molar-refractivity contribution in [2.24, 2.45) is 4.99 Å². The highest BCUT2D eigenvalue weighted by Crippen LogP contribution is 2.33. The van der Waals surface area contributed by atoms with Gasteiger partial charge in [0.2, 0.25) is 0 Å². The number of aromatic nitrogens is 1. The normalized spacial score (nSPS) is 18.2. The molecule has 0 bridgehead atoms. The lowest BCUT2D eigenvalue weighted by atomic mass is 10.1. The molecule has 1 atom stereocenters. The molecule has 0 spiro atoms. The van der Waals surface area contributed by atoms with Crippen LogP contribution < -0.4 is 10.6 Å². The second kappa shape index (κ2) is 8.27. The highest BCUT2D eigenvalue weighted by Gasteiger charge is 2.15. The first-order chi connectivity index (χ1) is 13.1. The molecule has 1 saturated heterocycles. The van der Waals surface area contributed by atoms with Crippen molar-refractivity contribution in [2.45, 2.75) is 18.6 Å². The lowest BCUT2D eigenvalue weighted by molar-refractivity contribution is 0.891. The molecule has 1 aliphatic heterocycles. The number of nitrogens with one attached hydrogen (secondary N) is 2. The summed E-state index contributed by atoms with van der Waals surface area (Å²) in [5, 5.41) is 10.3. The van der Waals surface area contributed by atoms with Gasteiger partial charge in [-0.3, -0.25) is 0 Å². The molecule has 8 heteroatoms. The lowest BCUT2D eigenvalue weighted by Crippen LogP contribution is -2.14. The van der Waals surface area contributed by atoms with E-state index >= 15 is 0 Å². The number of aliphatic imine (C=N–C) groups is 1. The smallest absolute Gasteiger partial charge is 0.183 e. The molecule has 3 aromatic rings. The maximum Gasteiger partial charge on any atom is 0.183 e. The SMILES string of the molecule is CC1CN/C(=N/c2ccc(CCNc3nc4cc(Cl)c(Cl)cc4s3)cc2)S1. The fourth-order valence-corrected chi connectivity index (χ4v) is 4.91. The van der Waals surface area contributed by atoms with Crippen LogP contribution in [0.15, 0.2) is 41.4 Å². The van der Waals surface area contributed by atoms with Crippen LogP contribution in [0.3, 0.4) is 0 Å². The van der Waals surface area contributed by atoms with E-state index in [2.05, 4.69) is 51.8 Å². The first-order valence-corrected chi connectivity index (χ1v) is 11.1. The Morgan fingerprint density at radius 2 is 2.00 bits per heavy atom. The summed E-state index contributed by atoms with van der Waals surface area (Å²) in [5.41, 5.74) is 3.11. The van der Waals surface area contributed by atoms with E-state index in [9.17, 15) is 0 Å². The molecule has 1 aromatic heterocycles. The summed E-state index contributed by atoms with van der Waals surface area (Å²) < 4.78 is 1.03. The summed E-state index contributed by atoms with van der Waals surface area (Å²) in [6, 6.07) is 12.1. The van der Waals surface area contributed by atoms with Gasteiger partial charge in [0.25, 0.3) is 0 Å². The second-order valence-corrected chi connectivity index (χ2v) is 9.59. The number of fused-ring (bicyclic) bond motifs is 1. The summed E-state index contributed by atoms with van der Waals surface area (Å²) in [6.45, 7) is 3.99. The minimum atomic E-state index is 0.533. The zero-order chi connectivity index (χ0) is 18.8. The van der Waals surface area contributed by atoms with Gasteiger partial charge in [-0.25, -0.2) is 9.98 Å². The van der Waals surface area contributed by atoms with Gasteiger partial charge in [0.15, 0.2) is 10.3 Å². The number of hydrogen-bond acceptors (Lipinski definition) is 5. The summed E-state index contributed by atoms with van der Waals surface area (Å²) >= 11 is 15.5. The van der Waals surface area contributed by atoms with Gasteiger partial charge in [0.05, 0.1) is 25.9 Å². The Labute approximate surface area is 176 Å². The molecule has 27 heavy (non-hydrogen) atoms. The Balaban J connectivity index is 1.34. The number of benzene rings is 2. The van der Waals surface area contributed by atoms with Crippen molar-refractivity contribution >= 4 is 72.5 Å². The van der Waals surface area contributed by atoms with E-state index in [1.165, 1.54) is 5.56 Å². The minimum absolute atomic E-state index is 0.533. The third kappa shape index (κ3) is 4.69. The van der Waals surface area contributed by atoms with E-state index in [-0.39, 0.29) is 0 Å². The molecular formula is C19H18Cl2N4S2. The number of amidine groups is 1. The zero-order valence-corrected chi connectivity index (χ0v) is 17.8. The molecule has 1 aliphatic rings. The number of thiazole rings is 1. The van der Waals surface area contributed by atoms with Crippen LogP contribution in [0.5, 0.6) is 0 Å².